The summed E-state index contributed by atoms with van der Waals surface area (Å²) in [6.45, 7) is 4.17. The second-order valence-corrected chi connectivity index (χ2v) is 7.69. The van der Waals surface area contributed by atoms with Crippen LogP contribution in [0, 0.1) is 11.6 Å². The van der Waals surface area contributed by atoms with Crippen molar-refractivity contribution in [1.82, 2.24) is 4.90 Å². The lowest BCUT2D eigenvalue weighted by Gasteiger charge is -2.31. The molecule has 0 saturated heterocycles. The molecule has 0 aliphatic carbocycles. The minimum absolute atomic E-state index is 0.270. The molecule has 2 amide bonds. The van der Waals surface area contributed by atoms with Gasteiger partial charge in [0.2, 0.25) is 5.91 Å². The lowest BCUT2D eigenvalue weighted by Crippen LogP contribution is -2.39. The maximum Gasteiger partial charge on any atom is 0.255 e. The molecule has 1 aliphatic heterocycles. The molecule has 0 fully saturated rings. The van der Waals surface area contributed by atoms with E-state index in [9.17, 15) is 18.4 Å². The topological polar surface area (TPSA) is 67.9 Å². The predicted molar refractivity (Wildman–Crippen MR) is 123 cm³/mol. The number of carbonyl (C=O) groups is 2. The van der Waals surface area contributed by atoms with E-state index in [1.807, 2.05) is 13.8 Å². The largest absolute Gasteiger partial charge is 0.490 e. The van der Waals surface area contributed by atoms with Crippen LogP contribution in [-0.4, -0.2) is 36.5 Å². The molecule has 0 bridgehead atoms. The number of rotatable bonds is 6. The highest BCUT2D eigenvalue weighted by Gasteiger charge is 2.34. The van der Waals surface area contributed by atoms with Gasteiger partial charge < -0.3 is 19.7 Å². The number of benzene rings is 3. The summed E-state index contributed by atoms with van der Waals surface area (Å²) in [4.78, 5) is 27.8. The van der Waals surface area contributed by atoms with Gasteiger partial charge in [-0.25, -0.2) is 8.78 Å². The van der Waals surface area contributed by atoms with Gasteiger partial charge in [-0.2, -0.15) is 0 Å². The minimum atomic E-state index is -0.833. The van der Waals surface area contributed by atoms with E-state index in [0.717, 1.165) is 0 Å². The maximum absolute atomic E-state index is 14.3. The second-order valence-electron chi connectivity index (χ2n) is 7.69. The lowest BCUT2D eigenvalue weighted by atomic mass is 9.95. The molecule has 3 aromatic carbocycles. The van der Waals surface area contributed by atoms with E-state index in [1.165, 1.54) is 47.4 Å². The molecular formula is C26H24F2N2O4. The van der Waals surface area contributed by atoms with E-state index in [4.69, 9.17) is 9.47 Å². The summed E-state index contributed by atoms with van der Waals surface area (Å²) < 4.78 is 39.2. The Labute approximate surface area is 196 Å². The first-order valence-electron chi connectivity index (χ1n) is 11.0. The van der Waals surface area contributed by atoms with Crippen LogP contribution in [-0.2, 0) is 4.79 Å². The van der Waals surface area contributed by atoms with Gasteiger partial charge in [-0.3, -0.25) is 9.59 Å². The minimum Gasteiger partial charge on any atom is -0.490 e. The molecule has 0 radical (unpaired) electrons. The Morgan fingerprint density at radius 2 is 1.62 bits per heavy atom. The maximum atomic E-state index is 14.3. The van der Waals surface area contributed by atoms with Gasteiger partial charge in [0.1, 0.15) is 18.2 Å². The van der Waals surface area contributed by atoms with Crippen LogP contribution >= 0.6 is 0 Å². The van der Waals surface area contributed by atoms with Crippen molar-refractivity contribution in [2.45, 2.75) is 19.9 Å². The molecule has 8 heteroatoms. The molecule has 0 unspecified atom stereocenters. The molecule has 34 heavy (non-hydrogen) atoms. The first-order valence-corrected chi connectivity index (χ1v) is 11.0. The number of fused-ring (bicyclic) bond motifs is 1. The number of halogens is 2. The summed E-state index contributed by atoms with van der Waals surface area (Å²) in [6.07, 6.45) is 0. The number of hydrogen-bond donors (Lipinski definition) is 1. The molecule has 6 nitrogen and oxygen atoms in total. The van der Waals surface area contributed by atoms with Gasteiger partial charge in [0, 0.05) is 16.8 Å². The monoisotopic (exact) mass is 466 g/mol. The SMILES string of the molecule is CCOc1ccc(C(=O)N2CC(=O)Nc3ccc(F)cc3[C@H]2c2ccc(F)cc2)cc1OCC. The molecule has 0 aromatic heterocycles. The number of nitrogens with one attached hydrogen (secondary N) is 1. The standard InChI is InChI=1S/C26H24F2N2O4/c1-3-33-22-12-7-17(13-23(22)34-4-2)26(32)30-15-24(31)29-21-11-10-19(28)14-20(21)25(30)16-5-8-18(27)9-6-16/h5-14,25H,3-4,15H2,1-2H3,(H,29,31)/t25-/m1/s1. The van der Waals surface area contributed by atoms with Crippen LogP contribution in [0.15, 0.2) is 60.7 Å². The fraction of sp³-hybridized carbons (Fsp3) is 0.231. The number of hydrogen-bond acceptors (Lipinski definition) is 4. The van der Waals surface area contributed by atoms with Crippen LogP contribution in [0.25, 0.3) is 0 Å². The highest BCUT2D eigenvalue weighted by Crippen LogP contribution is 2.38. The lowest BCUT2D eigenvalue weighted by molar-refractivity contribution is -0.117. The van der Waals surface area contributed by atoms with E-state index >= 15 is 0 Å². The smallest absolute Gasteiger partial charge is 0.255 e. The van der Waals surface area contributed by atoms with Crippen molar-refractivity contribution in [1.29, 1.82) is 0 Å². The Balaban J connectivity index is 1.83. The van der Waals surface area contributed by atoms with Gasteiger partial charge in [0.15, 0.2) is 11.5 Å². The molecule has 1 atom stereocenters. The van der Waals surface area contributed by atoms with E-state index in [1.54, 1.807) is 18.2 Å². The first kappa shape index (κ1) is 23.2. The van der Waals surface area contributed by atoms with Crippen LogP contribution in [0.4, 0.5) is 14.5 Å². The van der Waals surface area contributed by atoms with E-state index in [-0.39, 0.29) is 12.1 Å². The van der Waals surface area contributed by atoms with Crippen molar-refractivity contribution in [2.24, 2.45) is 0 Å². The molecule has 1 aliphatic rings. The zero-order valence-electron chi connectivity index (χ0n) is 18.8. The summed E-state index contributed by atoms with van der Waals surface area (Å²) in [6, 6.07) is 13.5. The van der Waals surface area contributed by atoms with Crippen LogP contribution in [0.5, 0.6) is 11.5 Å². The van der Waals surface area contributed by atoms with Crippen LogP contribution in [0.1, 0.15) is 41.4 Å². The van der Waals surface area contributed by atoms with Crippen LogP contribution < -0.4 is 14.8 Å². The highest BCUT2D eigenvalue weighted by atomic mass is 19.1. The predicted octanol–water partition coefficient (Wildman–Crippen LogP) is 4.95. The summed E-state index contributed by atoms with van der Waals surface area (Å²) in [5.74, 6) is -0.963. The second kappa shape index (κ2) is 9.91. The summed E-state index contributed by atoms with van der Waals surface area (Å²) in [5.41, 5.74) is 1.58. The van der Waals surface area contributed by atoms with Gasteiger partial charge in [0.05, 0.1) is 19.3 Å². The normalized spacial score (nSPS) is 15.2. The fourth-order valence-electron chi connectivity index (χ4n) is 4.02. The molecule has 176 valence electrons. The molecule has 0 spiro atoms. The van der Waals surface area contributed by atoms with E-state index < -0.39 is 29.5 Å². The molecule has 0 saturated carbocycles. The fourth-order valence-corrected chi connectivity index (χ4v) is 4.02. The molecule has 4 rings (SSSR count). The molecule has 3 aromatic rings. The summed E-state index contributed by atoms with van der Waals surface area (Å²) >= 11 is 0. The Morgan fingerprint density at radius 1 is 0.941 bits per heavy atom. The van der Waals surface area contributed by atoms with Gasteiger partial charge in [0.25, 0.3) is 5.91 Å². The Bertz CT molecular complexity index is 1210. The van der Waals surface area contributed by atoms with Gasteiger partial charge in [-0.05, 0) is 67.9 Å². The van der Waals surface area contributed by atoms with Crippen molar-refractivity contribution >= 4 is 17.5 Å². The van der Waals surface area contributed by atoms with Crippen molar-refractivity contribution in [3.8, 4) is 11.5 Å². The average Bonchev–Trinajstić information content (AvgIpc) is 2.96. The Morgan fingerprint density at radius 3 is 2.32 bits per heavy atom. The van der Waals surface area contributed by atoms with Gasteiger partial charge in [-0.1, -0.05) is 12.1 Å². The van der Waals surface area contributed by atoms with Gasteiger partial charge >= 0.3 is 0 Å². The zero-order valence-corrected chi connectivity index (χ0v) is 18.8. The van der Waals surface area contributed by atoms with Crippen LogP contribution in [0.2, 0.25) is 0 Å². The van der Waals surface area contributed by atoms with Crippen molar-refractivity contribution in [3.63, 3.8) is 0 Å². The number of nitrogens with zero attached hydrogens (tertiary/aromatic N) is 1. The van der Waals surface area contributed by atoms with Gasteiger partial charge in [-0.15, -0.1) is 0 Å². The molecular weight excluding hydrogens is 442 g/mol. The Kier molecular flexibility index (Phi) is 6.77. The number of anilines is 1. The Hall–Kier alpha value is -3.94. The number of ether oxygens (including phenoxy) is 2. The van der Waals surface area contributed by atoms with Crippen molar-refractivity contribution < 1.29 is 27.8 Å². The summed E-state index contributed by atoms with van der Waals surface area (Å²) in [7, 11) is 0. The number of carbonyl (C=O) groups excluding carboxylic acids is 2. The van der Waals surface area contributed by atoms with Crippen molar-refractivity contribution in [3.05, 3.63) is 89.0 Å². The first-order chi connectivity index (χ1) is 16.4. The average molecular weight is 466 g/mol. The zero-order chi connectivity index (χ0) is 24.2. The van der Waals surface area contributed by atoms with Crippen molar-refractivity contribution in [2.75, 3.05) is 25.1 Å². The third-order valence-corrected chi connectivity index (χ3v) is 5.44. The van der Waals surface area contributed by atoms with E-state index in [2.05, 4.69) is 5.32 Å². The van der Waals surface area contributed by atoms with Crippen LogP contribution in [0.3, 0.4) is 0 Å². The third-order valence-electron chi connectivity index (χ3n) is 5.44. The highest BCUT2D eigenvalue weighted by molar-refractivity contribution is 6.01. The third kappa shape index (κ3) is 4.71. The molecule has 1 N–H and O–H groups in total. The quantitative estimate of drug-likeness (QED) is 0.559. The number of amides is 2. The summed E-state index contributed by atoms with van der Waals surface area (Å²) in [5, 5.41) is 2.74. The molecule has 1 heterocycles. The van der Waals surface area contributed by atoms with E-state index in [0.29, 0.717) is 41.5 Å².